The van der Waals surface area contributed by atoms with E-state index in [0.29, 0.717) is 11.1 Å². The molecule has 0 bridgehead atoms. The van der Waals surface area contributed by atoms with Gasteiger partial charge in [-0.25, -0.2) is 14.4 Å². The van der Waals surface area contributed by atoms with Gasteiger partial charge in [-0.3, -0.25) is 5.32 Å². The number of carbonyl (C=O) groups excluding carboxylic acids is 3. The molecule has 5 rings (SSSR count). The molecule has 0 heterocycles. The van der Waals surface area contributed by atoms with E-state index in [2.05, 4.69) is 10.3 Å². The number of rotatable bonds is 10. The first-order valence-electron chi connectivity index (χ1n) is 17.0. The molecular formula is C43H43N3O6. The Morgan fingerprint density at radius 3 is 1.54 bits per heavy atom. The van der Waals surface area contributed by atoms with Gasteiger partial charge in [0.15, 0.2) is 0 Å². The van der Waals surface area contributed by atoms with E-state index in [1.807, 2.05) is 109 Å². The van der Waals surface area contributed by atoms with Crippen molar-refractivity contribution in [2.75, 3.05) is 6.61 Å². The second-order valence-corrected chi connectivity index (χ2v) is 13.1. The Balaban J connectivity index is 1.36. The summed E-state index contributed by atoms with van der Waals surface area (Å²) in [7, 11) is 0. The summed E-state index contributed by atoms with van der Waals surface area (Å²) in [6, 6.07) is 40.7. The minimum Gasteiger partial charge on any atom is -0.465 e. The smallest absolute Gasteiger partial charge is 0.436 e. The molecule has 1 atom stereocenters. The van der Waals surface area contributed by atoms with Gasteiger partial charge >= 0.3 is 18.2 Å². The van der Waals surface area contributed by atoms with E-state index < -0.39 is 35.4 Å². The van der Waals surface area contributed by atoms with Crippen LogP contribution in [0.1, 0.15) is 62.9 Å². The lowest BCUT2D eigenvalue weighted by atomic mass is 9.95. The first-order valence-corrected chi connectivity index (χ1v) is 17.0. The van der Waals surface area contributed by atoms with E-state index in [9.17, 15) is 14.4 Å². The number of amides is 2. The van der Waals surface area contributed by atoms with Gasteiger partial charge in [0.2, 0.25) is 0 Å². The second-order valence-electron chi connectivity index (χ2n) is 13.1. The topological polar surface area (TPSA) is 129 Å². The van der Waals surface area contributed by atoms with Gasteiger partial charge in [-0.15, -0.1) is 0 Å². The van der Waals surface area contributed by atoms with E-state index in [1.165, 1.54) is 0 Å². The van der Waals surface area contributed by atoms with Crippen LogP contribution in [0.5, 0.6) is 0 Å². The number of esters is 1. The molecule has 9 heteroatoms. The van der Waals surface area contributed by atoms with Gasteiger partial charge in [0, 0.05) is 5.56 Å². The van der Waals surface area contributed by atoms with Crippen molar-refractivity contribution in [3.05, 3.63) is 156 Å². The van der Waals surface area contributed by atoms with Crippen LogP contribution in [0.4, 0.5) is 9.59 Å². The van der Waals surface area contributed by atoms with Crippen LogP contribution in [-0.2, 0) is 30.2 Å². The molecule has 5 aromatic rings. The maximum Gasteiger partial charge on any atom is 0.436 e. The molecule has 52 heavy (non-hydrogen) atoms. The molecule has 0 aliphatic heterocycles. The average Bonchev–Trinajstić information content (AvgIpc) is 3.15. The lowest BCUT2D eigenvalue weighted by Gasteiger charge is -2.26. The van der Waals surface area contributed by atoms with Crippen LogP contribution in [0.3, 0.4) is 0 Å². The average molecular weight is 698 g/mol. The minimum atomic E-state index is -1.06. The van der Waals surface area contributed by atoms with Gasteiger partial charge in [0.05, 0.1) is 6.61 Å². The fourth-order valence-corrected chi connectivity index (χ4v) is 5.57. The van der Waals surface area contributed by atoms with E-state index in [4.69, 9.17) is 19.9 Å². The first kappa shape index (κ1) is 37.2. The van der Waals surface area contributed by atoms with Crippen LogP contribution in [0.25, 0.3) is 22.3 Å². The highest BCUT2D eigenvalue weighted by molar-refractivity contribution is 6.10. The van der Waals surface area contributed by atoms with E-state index in [0.717, 1.165) is 33.4 Å². The quantitative estimate of drug-likeness (QED) is 0.0645. The highest BCUT2D eigenvalue weighted by atomic mass is 16.6. The molecule has 3 N–H and O–H groups in total. The molecule has 0 aliphatic carbocycles. The number of ether oxygens (including phenoxy) is 3. The van der Waals surface area contributed by atoms with E-state index in [1.54, 1.807) is 58.9 Å². The van der Waals surface area contributed by atoms with Crippen LogP contribution < -0.4 is 11.1 Å². The zero-order valence-electron chi connectivity index (χ0n) is 30.0. The summed E-state index contributed by atoms with van der Waals surface area (Å²) < 4.78 is 16.8. The van der Waals surface area contributed by atoms with Crippen molar-refractivity contribution in [3.8, 4) is 22.3 Å². The number of aliphatic imine (C=N–C) groups is 1. The normalized spacial score (nSPS) is 12.4. The maximum atomic E-state index is 13.4. The molecule has 0 aromatic heterocycles. The molecule has 0 spiro atoms. The molecule has 5 aromatic carbocycles. The number of hydrogen-bond donors (Lipinski definition) is 2. The summed E-state index contributed by atoms with van der Waals surface area (Å²) in [5, 5.41) is 2.64. The van der Waals surface area contributed by atoms with Gasteiger partial charge in [-0.05, 0) is 73.6 Å². The fourth-order valence-electron chi connectivity index (χ4n) is 5.57. The third-order valence-corrected chi connectivity index (χ3v) is 8.57. The second kappa shape index (κ2) is 16.3. The van der Waals surface area contributed by atoms with Crippen molar-refractivity contribution in [2.45, 2.75) is 51.9 Å². The number of carbonyl (C=O) groups is 3. The molecule has 0 saturated carbocycles. The lowest BCUT2D eigenvalue weighted by Crippen LogP contribution is -2.38. The summed E-state index contributed by atoms with van der Waals surface area (Å²) in [6.45, 7) is 8.95. The standard InChI is InChI=1S/C43H43N3O6/c1-6-50-39(47)37(44)33-17-19-34(20-18-33)38(45-40(48)51-42(2,3)35-25-21-31(22-26-35)29-13-9-7-10-14-29)46-41(49)52-43(4,5)36-27-23-32(24-28-36)30-15-11-8-12-16-30/h7-28,37H,6,44H2,1-5H3,(H,45,46,48,49). The number of benzene rings is 5. The highest BCUT2D eigenvalue weighted by Gasteiger charge is 2.29. The van der Waals surface area contributed by atoms with E-state index >= 15 is 0 Å². The highest BCUT2D eigenvalue weighted by Crippen LogP contribution is 2.30. The third-order valence-electron chi connectivity index (χ3n) is 8.57. The molecule has 266 valence electrons. The van der Waals surface area contributed by atoms with Gasteiger partial charge < -0.3 is 19.9 Å². The number of amidine groups is 1. The summed E-state index contributed by atoms with van der Waals surface area (Å²) in [5.41, 5.74) is 10.5. The van der Waals surface area contributed by atoms with Gasteiger partial charge in [-0.2, -0.15) is 4.99 Å². The van der Waals surface area contributed by atoms with Gasteiger partial charge in [0.1, 0.15) is 23.1 Å². The Morgan fingerprint density at radius 2 is 1.08 bits per heavy atom. The molecule has 0 radical (unpaired) electrons. The minimum absolute atomic E-state index is 0.114. The Kier molecular flexibility index (Phi) is 11.7. The third kappa shape index (κ3) is 9.38. The Hall–Kier alpha value is -6.06. The van der Waals surface area contributed by atoms with Crippen LogP contribution in [-0.4, -0.2) is 30.6 Å². The Morgan fingerprint density at radius 1 is 0.635 bits per heavy atom. The zero-order valence-corrected chi connectivity index (χ0v) is 30.0. The maximum absolute atomic E-state index is 13.4. The monoisotopic (exact) mass is 697 g/mol. The van der Waals surface area contributed by atoms with Crippen molar-refractivity contribution in [1.82, 2.24) is 5.32 Å². The van der Waals surface area contributed by atoms with Crippen molar-refractivity contribution in [1.29, 1.82) is 0 Å². The van der Waals surface area contributed by atoms with Crippen molar-refractivity contribution in [2.24, 2.45) is 10.7 Å². The Labute approximate surface area is 304 Å². The molecule has 9 nitrogen and oxygen atoms in total. The SMILES string of the molecule is CCOC(=O)C(N)c1ccc(C(=NC(=O)OC(C)(C)c2ccc(-c3ccccc3)cc2)NC(=O)OC(C)(C)c2ccc(-c3ccccc3)cc2)cc1. The van der Waals surface area contributed by atoms with Crippen molar-refractivity contribution < 1.29 is 28.6 Å². The molecule has 2 amide bonds. The Bertz CT molecular complexity index is 2010. The molecular weight excluding hydrogens is 654 g/mol. The molecule has 0 saturated heterocycles. The number of nitrogens with zero attached hydrogens (tertiary/aromatic N) is 1. The summed E-state index contributed by atoms with van der Waals surface area (Å²) in [6.07, 6.45) is -1.78. The number of nitrogens with one attached hydrogen (secondary N) is 1. The number of hydrogen-bond acceptors (Lipinski definition) is 7. The lowest BCUT2D eigenvalue weighted by molar-refractivity contribution is -0.144. The van der Waals surface area contributed by atoms with Gasteiger partial charge in [0.25, 0.3) is 0 Å². The summed E-state index contributed by atoms with van der Waals surface area (Å²) >= 11 is 0. The molecule has 1 unspecified atom stereocenters. The first-order chi connectivity index (χ1) is 24.9. The largest absolute Gasteiger partial charge is 0.465 e. The predicted octanol–water partition coefficient (Wildman–Crippen LogP) is 9.06. The van der Waals surface area contributed by atoms with E-state index in [-0.39, 0.29) is 12.4 Å². The fraction of sp³-hybridized carbons (Fsp3) is 0.209. The summed E-state index contributed by atoms with van der Waals surface area (Å²) in [4.78, 5) is 43.2. The predicted molar refractivity (Wildman–Crippen MR) is 202 cm³/mol. The van der Waals surface area contributed by atoms with Crippen LogP contribution >= 0.6 is 0 Å². The van der Waals surface area contributed by atoms with Crippen molar-refractivity contribution in [3.63, 3.8) is 0 Å². The number of nitrogens with two attached hydrogens (primary N) is 1. The van der Waals surface area contributed by atoms with Crippen LogP contribution in [0.15, 0.2) is 138 Å². The molecule has 0 fully saturated rings. The van der Waals surface area contributed by atoms with Gasteiger partial charge in [-0.1, -0.05) is 133 Å². The summed E-state index contributed by atoms with van der Waals surface area (Å²) in [5.74, 6) is -0.691. The number of alkyl carbamates (subject to hydrolysis) is 1. The molecule has 0 aliphatic rings. The van der Waals surface area contributed by atoms with Crippen molar-refractivity contribution >= 4 is 24.0 Å². The van der Waals surface area contributed by atoms with Crippen LogP contribution in [0.2, 0.25) is 0 Å². The zero-order chi connectivity index (χ0) is 37.3. The van der Waals surface area contributed by atoms with Crippen LogP contribution in [0, 0.1) is 0 Å².